The number of hydrogen-bond donors (Lipinski definition) is 1. The first-order valence-corrected chi connectivity index (χ1v) is 4.84. The zero-order chi connectivity index (χ0) is 11.6. The van der Waals surface area contributed by atoms with Crippen LogP contribution in [0.3, 0.4) is 0 Å². The Bertz CT molecular complexity index is 382. The molecule has 15 heavy (non-hydrogen) atoms. The number of carbonyl (C=O) groups excluding carboxylic acids is 1. The number of carboxylic acids is 1. The number of hydrogen-bond acceptors (Lipinski definition) is 3. The van der Waals surface area contributed by atoms with Crippen molar-refractivity contribution in [1.82, 2.24) is 0 Å². The number of aliphatic carboxylic acids is 1. The van der Waals surface area contributed by atoms with E-state index in [1.54, 1.807) is 0 Å². The summed E-state index contributed by atoms with van der Waals surface area (Å²) in [5.74, 6) is -2.06. The van der Waals surface area contributed by atoms with Crippen molar-refractivity contribution in [3.63, 3.8) is 0 Å². The number of halogens is 2. The average molecular weight is 251 g/mol. The number of rotatable bonds is 2. The fourth-order valence-corrected chi connectivity index (χ4v) is 1.67. The number of ketones is 1. The van der Waals surface area contributed by atoms with Gasteiger partial charge in [-0.05, 0) is 6.42 Å². The maximum atomic E-state index is 11.5. The van der Waals surface area contributed by atoms with Crippen molar-refractivity contribution in [2.24, 2.45) is 0 Å². The molecule has 1 aliphatic rings. The van der Waals surface area contributed by atoms with Gasteiger partial charge in [0.25, 0.3) is 0 Å². The molecule has 1 N–H and O–H groups in total. The Morgan fingerprint density at radius 2 is 2.00 bits per heavy atom. The summed E-state index contributed by atoms with van der Waals surface area (Å²) in [5.41, 5.74) is -0.446. The third kappa shape index (κ3) is 2.33. The molecule has 0 saturated heterocycles. The summed E-state index contributed by atoms with van der Waals surface area (Å²) in [6.07, 6.45) is 0.242. The maximum absolute atomic E-state index is 11.5. The summed E-state index contributed by atoms with van der Waals surface area (Å²) in [5, 5.41) is 9.08. The number of carboxylic acid groups (broad SMARTS) is 1. The molecule has 1 aliphatic carbocycles. The Morgan fingerprint density at radius 3 is 2.47 bits per heavy atom. The minimum Gasteiger partial charge on any atom is -0.494 e. The van der Waals surface area contributed by atoms with Crippen molar-refractivity contribution in [2.45, 2.75) is 12.8 Å². The lowest BCUT2D eigenvalue weighted by Gasteiger charge is -2.07. The van der Waals surface area contributed by atoms with Crippen molar-refractivity contribution >= 4 is 35.0 Å². The van der Waals surface area contributed by atoms with Crippen molar-refractivity contribution in [3.05, 3.63) is 21.4 Å². The Labute approximate surface area is 96.1 Å². The topological polar surface area (TPSA) is 63.6 Å². The van der Waals surface area contributed by atoms with Gasteiger partial charge in [-0.15, -0.1) is 0 Å². The second-order valence-corrected chi connectivity index (χ2v) is 3.69. The number of methoxy groups -OCH3 is 1. The molecule has 1 rings (SSSR count). The normalized spacial score (nSPS) is 17.9. The van der Waals surface area contributed by atoms with Crippen LogP contribution in [0.1, 0.15) is 12.8 Å². The highest BCUT2D eigenvalue weighted by molar-refractivity contribution is 6.41. The molecule has 0 heterocycles. The van der Waals surface area contributed by atoms with Gasteiger partial charge >= 0.3 is 5.97 Å². The molecule has 0 saturated carbocycles. The summed E-state index contributed by atoms with van der Waals surface area (Å²) in [6.45, 7) is 0. The van der Waals surface area contributed by atoms with Gasteiger partial charge in [-0.25, -0.2) is 4.79 Å². The second kappa shape index (κ2) is 4.68. The van der Waals surface area contributed by atoms with Crippen LogP contribution < -0.4 is 0 Å². The molecule has 0 aromatic rings. The van der Waals surface area contributed by atoms with Crippen LogP contribution in [0.5, 0.6) is 0 Å². The molecule has 0 atom stereocenters. The van der Waals surface area contributed by atoms with Crippen molar-refractivity contribution in [2.75, 3.05) is 7.11 Å². The van der Waals surface area contributed by atoms with E-state index >= 15 is 0 Å². The zero-order valence-electron chi connectivity index (χ0n) is 7.84. The molecule has 4 nitrogen and oxygen atoms in total. The maximum Gasteiger partial charge on any atom is 0.343 e. The van der Waals surface area contributed by atoms with Crippen LogP contribution in [0.25, 0.3) is 0 Å². The number of ether oxygens (including phenoxy) is 1. The SMILES string of the molecule is COC1=C(C(=O)O)C(=O)CCC(Cl)=C1Cl. The van der Waals surface area contributed by atoms with E-state index in [-0.39, 0.29) is 28.7 Å². The highest BCUT2D eigenvalue weighted by Crippen LogP contribution is 2.32. The number of carbonyl (C=O) groups is 2. The predicted molar refractivity (Wildman–Crippen MR) is 54.6 cm³/mol. The fourth-order valence-electron chi connectivity index (χ4n) is 1.23. The largest absolute Gasteiger partial charge is 0.494 e. The first-order valence-electron chi connectivity index (χ1n) is 4.08. The quantitative estimate of drug-likeness (QED) is 0.762. The lowest BCUT2D eigenvalue weighted by Crippen LogP contribution is -2.14. The third-order valence-electron chi connectivity index (χ3n) is 1.93. The molecule has 0 spiro atoms. The summed E-state index contributed by atoms with van der Waals surface area (Å²) in [4.78, 5) is 22.3. The molecule has 0 unspecified atom stereocenters. The molecule has 0 aromatic carbocycles. The standard InChI is InChI=1S/C9H8Cl2O4/c1-15-8-6(9(13)14)5(12)3-2-4(10)7(8)11/h2-3H2,1H3,(H,13,14). The van der Waals surface area contributed by atoms with E-state index in [0.29, 0.717) is 0 Å². The Kier molecular flexibility index (Phi) is 3.77. The van der Waals surface area contributed by atoms with Crippen molar-refractivity contribution in [3.8, 4) is 0 Å². The van der Waals surface area contributed by atoms with Crippen LogP contribution in [-0.4, -0.2) is 24.0 Å². The van der Waals surface area contributed by atoms with Crippen LogP contribution in [0.2, 0.25) is 0 Å². The Hall–Kier alpha value is -1.00. The van der Waals surface area contributed by atoms with Crippen LogP contribution in [0.15, 0.2) is 21.4 Å². The average Bonchev–Trinajstić information content (AvgIpc) is 2.29. The molecule has 0 amide bonds. The number of allylic oxidation sites excluding steroid dienone is 2. The molecule has 6 heteroatoms. The molecule has 0 fully saturated rings. The Morgan fingerprint density at radius 1 is 1.40 bits per heavy atom. The summed E-state index contributed by atoms with van der Waals surface area (Å²) >= 11 is 11.6. The van der Waals surface area contributed by atoms with E-state index in [1.165, 1.54) is 7.11 Å². The molecule has 82 valence electrons. The van der Waals surface area contributed by atoms with Gasteiger partial charge in [0, 0.05) is 11.5 Å². The van der Waals surface area contributed by atoms with Gasteiger partial charge in [-0.3, -0.25) is 4.79 Å². The van der Waals surface area contributed by atoms with Gasteiger partial charge in [0.15, 0.2) is 11.5 Å². The first kappa shape index (κ1) is 12.1. The molecule has 0 aromatic heterocycles. The van der Waals surface area contributed by atoms with E-state index in [2.05, 4.69) is 0 Å². The van der Waals surface area contributed by atoms with Crippen LogP contribution in [0, 0.1) is 0 Å². The molecule has 0 bridgehead atoms. The Balaban J connectivity index is 3.39. The summed E-state index contributed by atoms with van der Waals surface area (Å²) < 4.78 is 4.80. The van der Waals surface area contributed by atoms with Crippen LogP contribution in [0.4, 0.5) is 0 Å². The van der Waals surface area contributed by atoms with E-state index < -0.39 is 17.3 Å². The summed E-state index contributed by atoms with van der Waals surface area (Å²) in [7, 11) is 1.24. The van der Waals surface area contributed by atoms with Gasteiger partial charge in [0.05, 0.1) is 12.1 Å². The molecular formula is C9H8Cl2O4. The summed E-state index contributed by atoms with van der Waals surface area (Å²) in [6, 6.07) is 0. The predicted octanol–water partition coefficient (Wildman–Crippen LogP) is 2.02. The molecule has 0 aliphatic heterocycles. The molecular weight excluding hydrogens is 243 g/mol. The van der Waals surface area contributed by atoms with Crippen LogP contribution >= 0.6 is 23.2 Å². The highest BCUT2D eigenvalue weighted by atomic mass is 35.5. The van der Waals surface area contributed by atoms with Gasteiger partial charge in [0.2, 0.25) is 0 Å². The number of Topliss-reactive ketones (excluding diaryl/α,β-unsaturated/α-hetero) is 1. The van der Waals surface area contributed by atoms with E-state index in [9.17, 15) is 9.59 Å². The van der Waals surface area contributed by atoms with Gasteiger partial charge in [0.1, 0.15) is 5.57 Å². The lowest BCUT2D eigenvalue weighted by molar-refractivity contribution is -0.134. The van der Waals surface area contributed by atoms with E-state index in [1.807, 2.05) is 0 Å². The minimum absolute atomic E-state index is 0.0117. The lowest BCUT2D eigenvalue weighted by atomic mass is 10.1. The van der Waals surface area contributed by atoms with Gasteiger partial charge in [-0.2, -0.15) is 0 Å². The van der Waals surface area contributed by atoms with Crippen molar-refractivity contribution in [1.29, 1.82) is 0 Å². The smallest absolute Gasteiger partial charge is 0.343 e. The van der Waals surface area contributed by atoms with Crippen LogP contribution in [-0.2, 0) is 14.3 Å². The van der Waals surface area contributed by atoms with E-state index in [4.69, 9.17) is 33.0 Å². The van der Waals surface area contributed by atoms with Gasteiger partial charge < -0.3 is 9.84 Å². The monoisotopic (exact) mass is 250 g/mol. The van der Waals surface area contributed by atoms with Gasteiger partial charge in [-0.1, -0.05) is 23.2 Å². The zero-order valence-corrected chi connectivity index (χ0v) is 9.35. The van der Waals surface area contributed by atoms with E-state index in [0.717, 1.165) is 0 Å². The highest BCUT2D eigenvalue weighted by Gasteiger charge is 2.29. The molecule has 0 radical (unpaired) electrons. The third-order valence-corrected chi connectivity index (χ3v) is 2.81. The van der Waals surface area contributed by atoms with Crippen molar-refractivity contribution < 1.29 is 19.4 Å². The fraction of sp³-hybridized carbons (Fsp3) is 0.333. The second-order valence-electron chi connectivity index (χ2n) is 2.86. The first-order chi connectivity index (χ1) is 6.99. The minimum atomic E-state index is -1.36.